The molecular weight excluding hydrogens is 370 g/mol. The predicted molar refractivity (Wildman–Crippen MR) is 124 cm³/mol. The Morgan fingerprint density at radius 3 is 2.63 bits per heavy atom. The van der Waals surface area contributed by atoms with E-state index in [1.807, 2.05) is 6.07 Å². The van der Waals surface area contributed by atoms with Crippen molar-refractivity contribution >= 4 is 16.6 Å². The van der Waals surface area contributed by atoms with Crippen LogP contribution in [0.15, 0.2) is 42.5 Å². The number of aliphatic hydroxyl groups is 1. The molecule has 0 aliphatic heterocycles. The lowest BCUT2D eigenvalue weighted by molar-refractivity contribution is 0.126. The normalized spacial score (nSPS) is 19.0. The summed E-state index contributed by atoms with van der Waals surface area (Å²) in [7, 11) is 2.16. The number of nitriles is 1. The van der Waals surface area contributed by atoms with Crippen LogP contribution in [-0.4, -0.2) is 21.8 Å². The van der Waals surface area contributed by atoms with Crippen molar-refractivity contribution in [1.29, 1.82) is 5.26 Å². The van der Waals surface area contributed by atoms with Crippen LogP contribution >= 0.6 is 0 Å². The third-order valence-corrected chi connectivity index (χ3v) is 6.48. The number of hydrogen-bond donors (Lipinski definition) is 2. The van der Waals surface area contributed by atoms with Crippen LogP contribution in [0.2, 0.25) is 0 Å². The second-order valence-corrected chi connectivity index (χ2v) is 8.52. The van der Waals surface area contributed by atoms with Gasteiger partial charge in [0.1, 0.15) is 6.07 Å². The lowest BCUT2D eigenvalue weighted by Crippen LogP contribution is -2.28. The number of nitrogens with zero attached hydrogens (tertiary/aromatic N) is 2. The molecule has 0 amide bonds. The second kappa shape index (κ2) is 8.93. The number of benzene rings is 2. The first-order valence-corrected chi connectivity index (χ1v) is 11.2. The van der Waals surface area contributed by atoms with Gasteiger partial charge in [0, 0.05) is 35.2 Å². The SMILES string of the molecule is CCCCc1c(-c2ccc(C#N)c(N[C@H]3CC[C@H](O)CC3)c2)c2ccccc2n1C. The van der Waals surface area contributed by atoms with Gasteiger partial charge in [-0.3, -0.25) is 0 Å². The molecule has 1 fully saturated rings. The van der Waals surface area contributed by atoms with Gasteiger partial charge in [0.15, 0.2) is 0 Å². The number of hydrogen-bond acceptors (Lipinski definition) is 3. The molecule has 4 nitrogen and oxygen atoms in total. The van der Waals surface area contributed by atoms with E-state index >= 15 is 0 Å². The highest BCUT2D eigenvalue weighted by Gasteiger charge is 2.21. The minimum atomic E-state index is -0.179. The number of aliphatic hydroxyl groups excluding tert-OH is 1. The van der Waals surface area contributed by atoms with E-state index in [1.165, 1.54) is 22.2 Å². The number of para-hydroxylation sites is 1. The van der Waals surface area contributed by atoms with Crippen LogP contribution in [0.1, 0.15) is 56.7 Å². The Bertz CT molecular complexity index is 1070. The van der Waals surface area contributed by atoms with Crippen LogP contribution in [0.5, 0.6) is 0 Å². The molecule has 2 aromatic carbocycles. The molecule has 1 heterocycles. The summed E-state index contributed by atoms with van der Waals surface area (Å²) in [4.78, 5) is 0. The molecule has 1 saturated carbocycles. The fourth-order valence-electron chi connectivity index (χ4n) is 4.76. The number of unbranched alkanes of at least 4 members (excludes halogenated alkanes) is 1. The number of aromatic nitrogens is 1. The maximum Gasteiger partial charge on any atom is 0.101 e. The van der Waals surface area contributed by atoms with E-state index < -0.39 is 0 Å². The van der Waals surface area contributed by atoms with Crippen LogP contribution in [0.25, 0.3) is 22.0 Å². The lowest BCUT2D eigenvalue weighted by Gasteiger charge is -2.27. The molecule has 1 aromatic heterocycles. The van der Waals surface area contributed by atoms with Gasteiger partial charge in [-0.15, -0.1) is 0 Å². The fraction of sp³-hybridized carbons (Fsp3) is 0.423. The monoisotopic (exact) mass is 401 g/mol. The summed E-state index contributed by atoms with van der Waals surface area (Å²) in [6.07, 6.45) is 6.70. The van der Waals surface area contributed by atoms with Crippen molar-refractivity contribution in [2.45, 2.75) is 64.0 Å². The summed E-state index contributed by atoms with van der Waals surface area (Å²) in [6.45, 7) is 2.23. The average molecular weight is 402 g/mol. The summed E-state index contributed by atoms with van der Waals surface area (Å²) in [6, 6.07) is 17.4. The van der Waals surface area contributed by atoms with E-state index in [1.54, 1.807) is 0 Å². The quantitative estimate of drug-likeness (QED) is 0.551. The lowest BCUT2D eigenvalue weighted by atomic mass is 9.92. The number of fused-ring (bicyclic) bond motifs is 1. The van der Waals surface area contributed by atoms with Crippen LogP contribution in [-0.2, 0) is 13.5 Å². The summed E-state index contributed by atoms with van der Waals surface area (Å²) < 4.78 is 2.33. The van der Waals surface area contributed by atoms with Gasteiger partial charge >= 0.3 is 0 Å². The molecule has 4 rings (SSSR count). The van der Waals surface area contributed by atoms with E-state index in [-0.39, 0.29) is 6.10 Å². The van der Waals surface area contributed by atoms with Gasteiger partial charge < -0.3 is 15.0 Å². The van der Waals surface area contributed by atoms with Crippen molar-refractivity contribution in [3.63, 3.8) is 0 Å². The Kier molecular flexibility index (Phi) is 6.11. The topological polar surface area (TPSA) is 61.0 Å². The first-order valence-electron chi connectivity index (χ1n) is 11.2. The molecule has 3 aromatic rings. The first-order chi connectivity index (χ1) is 14.6. The minimum Gasteiger partial charge on any atom is -0.393 e. The van der Waals surface area contributed by atoms with Gasteiger partial charge in [0.2, 0.25) is 0 Å². The van der Waals surface area contributed by atoms with Gasteiger partial charge in [0.05, 0.1) is 17.4 Å². The van der Waals surface area contributed by atoms with Crippen LogP contribution in [0, 0.1) is 11.3 Å². The molecule has 0 radical (unpaired) electrons. The smallest absolute Gasteiger partial charge is 0.101 e. The third kappa shape index (κ3) is 3.95. The molecule has 2 N–H and O–H groups in total. The predicted octanol–water partition coefficient (Wildman–Crippen LogP) is 5.77. The van der Waals surface area contributed by atoms with Gasteiger partial charge in [-0.2, -0.15) is 5.26 Å². The number of rotatable bonds is 6. The van der Waals surface area contributed by atoms with Gasteiger partial charge in [-0.25, -0.2) is 0 Å². The molecular formula is C26H31N3O. The molecule has 4 heteroatoms. The largest absolute Gasteiger partial charge is 0.393 e. The highest BCUT2D eigenvalue weighted by atomic mass is 16.3. The number of nitrogens with one attached hydrogen (secondary N) is 1. The van der Waals surface area contributed by atoms with Gasteiger partial charge in [0.25, 0.3) is 0 Å². The van der Waals surface area contributed by atoms with Gasteiger partial charge in [-0.1, -0.05) is 37.6 Å². The standard InChI is InChI=1S/C26H31N3O/c1-3-4-8-25-26(22-7-5-6-9-24(22)29(25)2)18-10-11-19(17-27)23(16-18)28-20-12-14-21(30)15-13-20/h5-7,9-11,16,20-21,28,30H,3-4,8,12-15H2,1-2H3/t20-,21-. The van der Waals surface area contributed by atoms with E-state index in [9.17, 15) is 10.4 Å². The maximum absolute atomic E-state index is 9.81. The number of anilines is 1. The summed E-state index contributed by atoms with van der Waals surface area (Å²) in [5, 5.41) is 24.3. The molecule has 156 valence electrons. The zero-order chi connectivity index (χ0) is 21.1. The van der Waals surface area contributed by atoms with Crippen LogP contribution in [0.3, 0.4) is 0 Å². The molecule has 1 aliphatic carbocycles. The summed E-state index contributed by atoms with van der Waals surface area (Å²) >= 11 is 0. The molecule has 0 saturated heterocycles. The van der Waals surface area contributed by atoms with Crippen LogP contribution in [0.4, 0.5) is 5.69 Å². The Labute approximate surface area is 179 Å². The Balaban J connectivity index is 1.77. The molecule has 0 spiro atoms. The molecule has 1 aliphatic rings. The van der Waals surface area contributed by atoms with Crippen molar-refractivity contribution in [3.05, 3.63) is 53.7 Å². The highest BCUT2D eigenvalue weighted by Crippen LogP contribution is 2.37. The molecule has 0 unspecified atom stereocenters. The Morgan fingerprint density at radius 2 is 1.90 bits per heavy atom. The Morgan fingerprint density at radius 1 is 1.13 bits per heavy atom. The first kappa shape index (κ1) is 20.5. The van der Waals surface area contributed by atoms with Crippen molar-refractivity contribution in [2.24, 2.45) is 7.05 Å². The van der Waals surface area contributed by atoms with Crippen molar-refractivity contribution in [3.8, 4) is 17.2 Å². The highest BCUT2D eigenvalue weighted by molar-refractivity contribution is 5.98. The van der Waals surface area contributed by atoms with Gasteiger partial charge in [-0.05, 0) is 62.3 Å². The van der Waals surface area contributed by atoms with Crippen molar-refractivity contribution in [1.82, 2.24) is 4.57 Å². The van der Waals surface area contributed by atoms with E-state index in [4.69, 9.17) is 0 Å². The van der Waals surface area contributed by atoms with E-state index in [2.05, 4.69) is 66.3 Å². The zero-order valence-electron chi connectivity index (χ0n) is 18.0. The molecule has 0 atom stereocenters. The third-order valence-electron chi connectivity index (χ3n) is 6.48. The maximum atomic E-state index is 9.81. The number of aryl methyl sites for hydroxylation is 1. The van der Waals surface area contributed by atoms with Crippen LogP contribution < -0.4 is 5.32 Å². The minimum absolute atomic E-state index is 0.179. The summed E-state index contributed by atoms with van der Waals surface area (Å²) in [5.41, 5.74) is 6.64. The fourth-order valence-corrected chi connectivity index (χ4v) is 4.76. The van der Waals surface area contributed by atoms with E-state index in [0.717, 1.165) is 56.2 Å². The summed E-state index contributed by atoms with van der Waals surface area (Å²) in [5.74, 6) is 0. The van der Waals surface area contributed by atoms with Crippen molar-refractivity contribution < 1.29 is 5.11 Å². The molecule has 0 bridgehead atoms. The molecule has 30 heavy (non-hydrogen) atoms. The van der Waals surface area contributed by atoms with E-state index in [0.29, 0.717) is 11.6 Å². The zero-order valence-corrected chi connectivity index (χ0v) is 18.0. The van der Waals surface area contributed by atoms with Crippen molar-refractivity contribution in [2.75, 3.05) is 5.32 Å². The Hall–Kier alpha value is -2.77. The average Bonchev–Trinajstić information content (AvgIpc) is 3.05. The second-order valence-electron chi connectivity index (χ2n) is 8.52.